The van der Waals surface area contributed by atoms with Crippen LogP contribution >= 0.6 is 0 Å². The minimum absolute atomic E-state index is 0.325. The first-order chi connectivity index (χ1) is 11.8. The number of benzene rings is 2. The molecule has 25 heavy (non-hydrogen) atoms. The van der Waals surface area contributed by atoms with Gasteiger partial charge in [-0.2, -0.15) is 5.10 Å². The Morgan fingerprint density at radius 2 is 1.72 bits per heavy atom. The van der Waals surface area contributed by atoms with Crippen LogP contribution in [0.25, 0.3) is 22.4 Å². The third-order valence-corrected chi connectivity index (χ3v) is 4.98. The van der Waals surface area contributed by atoms with E-state index in [1.807, 2.05) is 54.2 Å². The minimum atomic E-state index is -3.18. The molecule has 3 aromatic rings. The highest BCUT2D eigenvalue weighted by Gasteiger charge is 2.08. The summed E-state index contributed by atoms with van der Waals surface area (Å²) in [5.74, 6) is 0. The van der Waals surface area contributed by atoms with E-state index in [1.54, 1.807) is 12.1 Å². The Morgan fingerprint density at radius 1 is 1.04 bits per heavy atom. The third-order valence-electron chi connectivity index (χ3n) is 3.85. The summed E-state index contributed by atoms with van der Waals surface area (Å²) in [6, 6.07) is 17.0. The van der Waals surface area contributed by atoms with Crippen molar-refractivity contribution >= 4 is 9.84 Å². The van der Waals surface area contributed by atoms with Crippen molar-refractivity contribution in [2.45, 2.75) is 18.4 Å². The highest BCUT2D eigenvalue weighted by Crippen LogP contribution is 2.26. The van der Waals surface area contributed by atoms with Crippen molar-refractivity contribution in [3.63, 3.8) is 0 Å². The fourth-order valence-corrected chi connectivity index (χ4v) is 3.26. The molecule has 1 aromatic heterocycles. The van der Waals surface area contributed by atoms with Gasteiger partial charge in [0.25, 0.3) is 0 Å². The topological polar surface area (TPSA) is 52.0 Å². The van der Waals surface area contributed by atoms with Crippen LogP contribution in [0, 0.1) is 0 Å². The van der Waals surface area contributed by atoms with Crippen LogP contribution in [-0.4, -0.2) is 24.5 Å². The molecule has 0 aliphatic carbocycles. The Hall–Kier alpha value is -2.66. The number of hydrogen-bond acceptors (Lipinski definition) is 3. The fourth-order valence-electron chi connectivity index (χ4n) is 2.63. The SMILES string of the molecule is C=C(C)Cn1ccc(-c2cccc(-c3ccc(S(C)(=O)=O)cc3)c2)n1. The van der Waals surface area contributed by atoms with Crippen LogP contribution in [0.2, 0.25) is 0 Å². The smallest absolute Gasteiger partial charge is 0.175 e. The molecule has 128 valence electrons. The van der Waals surface area contributed by atoms with Crippen molar-refractivity contribution in [3.8, 4) is 22.4 Å². The summed E-state index contributed by atoms with van der Waals surface area (Å²) in [6.07, 6.45) is 3.15. The van der Waals surface area contributed by atoms with Crippen molar-refractivity contribution in [1.29, 1.82) is 0 Å². The molecule has 0 aliphatic heterocycles. The molecule has 0 unspecified atom stereocenters. The van der Waals surface area contributed by atoms with Crippen LogP contribution in [0.15, 0.2) is 77.8 Å². The number of rotatable bonds is 5. The van der Waals surface area contributed by atoms with E-state index in [1.165, 1.54) is 6.26 Å². The Balaban J connectivity index is 1.91. The van der Waals surface area contributed by atoms with Gasteiger partial charge < -0.3 is 0 Å². The molecule has 0 atom stereocenters. The quantitative estimate of drug-likeness (QED) is 0.647. The van der Waals surface area contributed by atoms with E-state index in [9.17, 15) is 8.42 Å². The maximum atomic E-state index is 11.6. The van der Waals surface area contributed by atoms with Gasteiger partial charge in [0, 0.05) is 18.0 Å². The normalized spacial score (nSPS) is 11.4. The molecule has 1 heterocycles. The molecule has 4 nitrogen and oxygen atoms in total. The second kappa shape index (κ2) is 6.69. The first-order valence-electron chi connectivity index (χ1n) is 7.92. The van der Waals surface area contributed by atoms with Gasteiger partial charge in [-0.3, -0.25) is 4.68 Å². The zero-order valence-corrected chi connectivity index (χ0v) is 15.1. The lowest BCUT2D eigenvalue weighted by Crippen LogP contribution is -1.98. The predicted molar refractivity (Wildman–Crippen MR) is 101 cm³/mol. The van der Waals surface area contributed by atoms with Gasteiger partial charge in [0.15, 0.2) is 9.84 Å². The van der Waals surface area contributed by atoms with E-state index in [-0.39, 0.29) is 0 Å². The number of hydrogen-bond donors (Lipinski definition) is 0. The Kier molecular flexibility index (Phi) is 4.59. The van der Waals surface area contributed by atoms with Gasteiger partial charge in [0.2, 0.25) is 0 Å². The summed E-state index contributed by atoms with van der Waals surface area (Å²) < 4.78 is 25.0. The second-order valence-corrected chi connectivity index (χ2v) is 8.25. The third kappa shape index (κ3) is 4.06. The molecule has 0 aliphatic rings. The van der Waals surface area contributed by atoms with E-state index < -0.39 is 9.84 Å². The van der Waals surface area contributed by atoms with E-state index in [0.717, 1.165) is 28.0 Å². The number of nitrogens with zero attached hydrogens (tertiary/aromatic N) is 2. The highest BCUT2D eigenvalue weighted by molar-refractivity contribution is 7.90. The first kappa shape index (κ1) is 17.2. The molecule has 5 heteroatoms. The molecule has 0 bridgehead atoms. The average molecular weight is 352 g/mol. The molecule has 0 radical (unpaired) electrons. The summed E-state index contributed by atoms with van der Waals surface area (Å²) in [6.45, 7) is 6.58. The average Bonchev–Trinajstić information content (AvgIpc) is 3.02. The largest absolute Gasteiger partial charge is 0.268 e. The fraction of sp³-hybridized carbons (Fsp3) is 0.150. The molecule has 0 spiro atoms. The predicted octanol–water partition coefficient (Wildman–Crippen LogP) is 4.20. The van der Waals surface area contributed by atoms with Gasteiger partial charge in [0.05, 0.1) is 17.1 Å². The zero-order chi connectivity index (χ0) is 18.0. The lowest BCUT2D eigenvalue weighted by atomic mass is 10.0. The van der Waals surface area contributed by atoms with Gasteiger partial charge in [-0.25, -0.2) is 8.42 Å². The Morgan fingerprint density at radius 3 is 2.36 bits per heavy atom. The first-order valence-corrected chi connectivity index (χ1v) is 9.81. The lowest BCUT2D eigenvalue weighted by molar-refractivity contribution is 0.602. The molecule has 0 fully saturated rings. The highest BCUT2D eigenvalue weighted by atomic mass is 32.2. The molecule has 0 saturated heterocycles. The maximum absolute atomic E-state index is 11.6. The molecule has 0 N–H and O–H groups in total. The second-order valence-electron chi connectivity index (χ2n) is 6.23. The molecule has 3 rings (SSSR count). The van der Waals surface area contributed by atoms with Crippen LogP contribution in [0.3, 0.4) is 0 Å². The van der Waals surface area contributed by atoms with Crippen LogP contribution in [-0.2, 0) is 16.4 Å². The Bertz CT molecular complexity index is 1020. The van der Waals surface area contributed by atoms with Crippen LogP contribution in [0.4, 0.5) is 0 Å². The number of allylic oxidation sites excluding steroid dienone is 1. The minimum Gasteiger partial charge on any atom is -0.268 e. The van der Waals surface area contributed by atoms with Gasteiger partial charge in [0.1, 0.15) is 0 Å². The van der Waals surface area contributed by atoms with Crippen LogP contribution in [0.5, 0.6) is 0 Å². The van der Waals surface area contributed by atoms with E-state index in [0.29, 0.717) is 11.4 Å². The standard InChI is InChI=1S/C20H20N2O2S/c1-15(2)14-22-12-11-20(21-22)18-6-4-5-17(13-18)16-7-9-19(10-8-16)25(3,23)24/h4-13H,1,14H2,2-3H3. The zero-order valence-electron chi connectivity index (χ0n) is 14.3. The summed E-state index contributed by atoms with van der Waals surface area (Å²) in [7, 11) is -3.18. The van der Waals surface area contributed by atoms with Crippen molar-refractivity contribution in [2.24, 2.45) is 0 Å². The summed E-state index contributed by atoms with van der Waals surface area (Å²) in [5.41, 5.74) is 4.96. The lowest BCUT2D eigenvalue weighted by Gasteiger charge is -2.06. The summed E-state index contributed by atoms with van der Waals surface area (Å²) >= 11 is 0. The van der Waals surface area contributed by atoms with E-state index in [4.69, 9.17) is 0 Å². The van der Waals surface area contributed by atoms with Gasteiger partial charge >= 0.3 is 0 Å². The van der Waals surface area contributed by atoms with Gasteiger partial charge in [-0.05, 0) is 42.3 Å². The molecule has 0 saturated carbocycles. The Labute approximate surface area is 148 Å². The molecule has 0 amide bonds. The van der Waals surface area contributed by atoms with Crippen molar-refractivity contribution in [3.05, 3.63) is 72.9 Å². The monoisotopic (exact) mass is 352 g/mol. The van der Waals surface area contributed by atoms with Crippen LogP contribution in [0.1, 0.15) is 6.92 Å². The van der Waals surface area contributed by atoms with Gasteiger partial charge in [-0.15, -0.1) is 0 Å². The number of sulfone groups is 1. The van der Waals surface area contributed by atoms with E-state index in [2.05, 4.69) is 17.7 Å². The summed E-state index contributed by atoms with van der Waals surface area (Å²) in [4.78, 5) is 0.325. The van der Waals surface area contributed by atoms with Crippen molar-refractivity contribution in [2.75, 3.05) is 6.26 Å². The van der Waals surface area contributed by atoms with Gasteiger partial charge in [-0.1, -0.05) is 42.5 Å². The molecular formula is C20H20N2O2S. The number of aromatic nitrogens is 2. The van der Waals surface area contributed by atoms with Crippen LogP contribution < -0.4 is 0 Å². The molecular weight excluding hydrogens is 332 g/mol. The van der Waals surface area contributed by atoms with Crippen molar-refractivity contribution < 1.29 is 8.42 Å². The van der Waals surface area contributed by atoms with E-state index >= 15 is 0 Å². The molecule has 2 aromatic carbocycles. The maximum Gasteiger partial charge on any atom is 0.175 e. The summed E-state index contributed by atoms with van der Waals surface area (Å²) in [5, 5.41) is 4.58. The van der Waals surface area contributed by atoms with Crippen molar-refractivity contribution in [1.82, 2.24) is 9.78 Å².